The normalized spacial score (nSPS) is 10.3. The second-order valence-electron chi connectivity index (χ2n) is 3.75. The SMILES string of the molecule is Cc1ccc(NC(=O)c2cnc(Br)s2)c(C)c1. The van der Waals surface area contributed by atoms with Gasteiger partial charge in [-0.25, -0.2) is 4.98 Å². The van der Waals surface area contributed by atoms with E-state index < -0.39 is 0 Å². The summed E-state index contributed by atoms with van der Waals surface area (Å²) in [5.74, 6) is -0.125. The molecule has 0 spiro atoms. The molecular weight excluding hydrogens is 300 g/mol. The minimum Gasteiger partial charge on any atom is -0.321 e. The first-order chi connectivity index (χ1) is 8.06. The number of rotatable bonds is 2. The second kappa shape index (κ2) is 4.98. The first kappa shape index (κ1) is 12.3. The molecule has 5 heteroatoms. The highest BCUT2D eigenvalue weighted by molar-refractivity contribution is 9.11. The Labute approximate surface area is 112 Å². The molecule has 0 unspecified atom stereocenters. The summed E-state index contributed by atoms with van der Waals surface area (Å²) >= 11 is 4.55. The van der Waals surface area contributed by atoms with Crippen molar-refractivity contribution in [3.8, 4) is 0 Å². The average Bonchev–Trinajstić information content (AvgIpc) is 2.69. The van der Waals surface area contributed by atoms with Gasteiger partial charge in [0.05, 0.1) is 6.20 Å². The molecule has 1 N–H and O–H groups in total. The number of carbonyl (C=O) groups excluding carboxylic acids is 1. The Kier molecular flexibility index (Phi) is 3.59. The number of hydrogen-bond donors (Lipinski definition) is 1. The Balaban J connectivity index is 2.18. The molecule has 2 rings (SSSR count). The van der Waals surface area contributed by atoms with E-state index >= 15 is 0 Å². The number of halogens is 1. The molecule has 1 heterocycles. The zero-order valence-corrected chi connectivity index (χ0v) is 11.9. The van der Waals surface area contributed by atoms with Crippen molar-refractivity contribution in [2.75, 3.05) is 5.32 Å². The Morgan fingerprint density at radius 1 is 1.41 bits per heavy atom. The molecule has 1 amide bonds. The number of hydrogen-bond acceptors (Lipinski definition) is 3. The fourth-order valence-electron chi connectivity index (χ4n) is 1.50. The van der Waals surface area contributed by atoms with Crippen LogP contribution in [0.4, 0.5) is 5.69 Å². The van der Waals surface area contributed by atoms with E-state index in [2.05, 4.69) is 26.2 Å². The molecule has 3 nitrogen and oxygen atoms in total. The van der Waals surface area contributed by atoms with Crippen LogP contribution >= 0.6 is 27.3 Å². The Morgan fingerprint density at radius 2 is 2.18 bits per heavy atom. The molecule has 0 aliphatic heterocycles. The summed E-state index contributed by atoms with van der Waals surface area (Å²) in [6.45, 7) is 4.00. The largest absolute Gasteiger partial charge is 0.321 e. The van der Waals surface area contributed by atoms with Gasteiger partial charge in [-0.15, -0.1) is 11.3 Å². The summed E-state index contributed by atoms with van der Waals surface area (Å²) in [7, 11) is 0. The fraction of sp³-hybridized carbons (Fsp3) is 0.167. The average molecular weight is 311 g/mol. The lowest BCUT2D eigenvalue weighted by molar-refractivity contribution is 0.103. The zero-order valence-electron chi connectivity index (χ0n) is 9.45. The number of benzene rings is 1. The summed E-state index contributed by atoms with van der Waals surface area (Å²) in [5, 5.41) is 2.88. The maximum absolute atomic E-state index is 11.9. The van der Waals surface area contributed by atoms with Crippen molar-refractivity contribution < 1.29 is 4.79 Å². The minimum atomic E-state index is -0.125. The van der Waals surface area contributed by atoms with Crippen LogP contribution in [0.25, 0.3) is 0 Å². The molecule has 2 aromatic rings. The predicted octanol–water partition coefficient (Wildman–Crippen LogP) is 3.77. The standard InChI is InChI=1S/C12H11BrN2OS/c1-7-3-4-9(8(2)5-7)15-11(16)10-6-14-12(13)17-10/h3-6H,1-2H3,(H,15,16). The third-order valence-corrected chi connectivity index (χ3v) is 3.81. The van der Waals surface area contributed by atoms with Crippen LogP contribution in [0, 0.1) is 13.8 Å². The van der Waals surface area contributed by atoms with Crippen molar-refractivity contribution >= 4 is 38.9 Å². The van der Waals surface area contributed by atoms with Crippen LogP contribution in [0.1, 0.15) is 20.8 Å². The first-order valence-corrected chi connectivity index (χ1v) is 6.67. The van der Waals surface area contributed by atoms with Crippen LogP contribution in [-0.2, 0) is 0 Å². The molecule has 1 aromatic carbocycles. The molecule has 17 heavy (non-hydrogen) atoms. The van der Waals surface area contributed by atoms with Crippen LogP contribution in [0.2, 0.25) is 0 Å². The second-order valence-corrected chi connectivity index (χ2v) is 6.06. The van der Waals surface area contributed by atoms with E-state index in [0.29, 0.717) is 8.79 Å². The first-order valence-electron chi connectivity index (χ1n) is 5.06. The third kappa shape index (κ3) is 2.92. The molecule has 0 aliphatic carbocycles. The number of nitrogens with zero attached hydrogens (tertiary/aromatic N) is 1. The number of anilines is 1. The zero-order chi connectivity index (χ0) is 12.4. The van der Waals surface area contributed by atoms with E-state index in [9.17, 15) is 4.79 Å². The summed E-state index contributed by atoms with van der Waals surface area (Å²) in [4.78, 5) is 16.5. The number of amides is 1. The maximum atomic E-state index is 11.9. The fourth-order valence-corrected chi connectivity index (χ4v) is 2.66. The van der Waals surface area contributed by atoms with E-state index in [1.54, 1.807) is 6.20 Å². The van der Waals surface area contributed by atoms with E-state index in [1.165, 1.54) is 16.9 Å². The third-order valence-electron chi connectivity index (χ3n) is 2.33. The van der Waals surface area contributed by atoms with Crippen molar-refractivity contribution in [3.05, 3.63) is 44.3 Å². The van der Waals surface area contributed by atoms with Gasteiger partial charge in [0, 0.05) is 5.69 Å². The van der Waals surface area contributed by atoms with Gasteiger partial charge in [0.2, 0.25) is 0 Å². The number of carbonyl (C=O) groups is 1. The molecular formula is C12H11BrN2OS. The van der Waals surface area contributed by atoms with Gasteiger partial charge in [-0.1, -0.05) is 17.7 Å². The summed E-state index contributed by atoms with van der Waals surface area (Å²) in [5.41, 5.74) is 3.08. The van der Waals surface area contributed by atoms with E-state index in [1.807, 2.05) is 32.0 Å². The molecule has 1 aromatic heterocycles. The van der Waals surface area contributed by atoms with E-state index in [4.69, 9.17) is 0 Å². The van der Waals surface area contributed by atoms with E-state index in [-0.39, 0.29) is 5.91 Å². The Hall–Kier alpha value is -1.20. The summed E-state index contributed by atoms with van der Waals surface area (Å²) in [6.07, 6.45) is 1.56. The van der Waals surface area contributed by atoms with Crippen molar-refractivity contribution in [2.45, 2.75) is 13.8 Å². The van der Waals surface area contributed by atoms with Gasteiger partial charge in [0.1, 0.15) is 4.88 Å². The number of aryl methyl sites for hydroxylation is 2. The van der Waals surface area contributed by atoms with Gasteiger partial charge in [-0.2, -0.15) is 0 Å². The maximum Gasteiger partial charge on any atom is 0.267 e. The summed E-state index contributed by atoms with van der Waals surface area (Å²) in [6, 6.07) is 5.93. The topological polar surface area (TPSA) is 42.0 Å². The van der Waals surface area contributed by atoms with Crippen molar-refractivity contribution in [1.82, 2.24) is 4.98 Å². The molecule has 0 fully saturated rings. The Bertz CT molecular complexity index is 565. The van der Waals surface area contributed by atoms with Gasteiger partial charge >= 0.3 is 0 Å². The number of aromatic nitrogens is 1. The number of nitrogens with one attached hydrogen (secondary N) is 1. The minimum absolute atomic E-state index is 0.125. The molecule has 88 valence electrons. The van der Waals surface area contributed by atoms with Gasteiger partial charge < -0.3 is 5.32 Å². The van der Waals surface area contributed by atoms with E-state index in [0.717, 1.165) is 11.3 Å². The number of thiazole rings is 1. The van der Waals surface area contributed by atoms with Crippen LogP contribution in [0.3, 0.4) is 0 Å². The quantitative estimate of drug-likeness (QED) is 0.917. The molecule has 0 atom stereocenters. The molecule has 0 saturated heterocycles. The molecule has 0 saturated carbocycles. The van der Waals surface area contributed by atoms with Gasteiger partial charge in [-0.3, -0.25) is 4.79 Å². The summed E-state index contributed by atoms with van der Waals surface area (Å²) < 4.78 is 0.711. The molecule has 0 aliphatic rings. The van der Waals surface area contributed by atoms with Crippen molar-refractivity contribution in [1.29, 1.82) is 0 Å². The van der Waals surface area contributed by atoms with Crippen LogP contribution in [0.5, 0.6) is 0 Å². The molecule has 0 bridgehead atoms. The van der Waals surface area contributed by atoms with Crippen LogP contribution < -0.4 is 5.32 Å². The lowest BCUT2D eigenvalue weighted by Crippen LogP contribution is -2.11. The van der Waals surface area contributed by atoms with Gasteiger partial charge in [0.15, 0.2) is 3.92 Å². The smallest absolute Gasteiger partial charge is 0.267 e. The van der Waals surface area contributed by atoms with Crippen molar-refractivity contribution in [2.24, 2.45) is 0 Å². The highest BCUT2D eigenvalue weighted by Gasteiger charge is 2.10. The van der Waals surface area contributed by atoms with Gasteiger partial charge in [-0.05, 0) is 41.4 Å². The highest BCUT2D eigenvalue weighted by atomic mass is 79.9. The monoisotopic (exact) mass is 310 g/mol. The van der Waals surface area contributed by atoms with Crippen molar-refractivity contribution in [3.63, 3.8) is 0 Å². The van der Waals surface area contributed by atoms with Crippen LogP contribution in [0.15, 0.2) is 28.3 Å². The van der Waals surface area contributed by atoms with Crippen LogP contribution in [-0.4, -0.2) is 10.9 Å². The highest BCUT2D eigenvalue weighted by Crippen LogP contribution is 2.21. The lowest BCUT2D eigenvalue weighted by Gasteiger charge is -2.07. The Morgan fingerprint density at radius 3 is 2.76 bits per heavy atom. The lowest BCUT2D eigenvalue weighted by atomic mass is 10.1. The molecule has 0 radical (unpaired) electrons. The predicted molar refractivity (Wildman–Crippen MR) is 73.7 cm³/mol. The van der Waals surface area contributed by atoms with Gasteiger partial charge in [0.25, 0.3) is 5.91 Å².